The van der Waals surface area contributed by atoms with Crippen LogP contribution in [0.4, 0.5) is 0 Å². The van der Waals surface area contributed by atoms with Gasteiger partial charge in [0.15, 0.2) is 25.0 Å². The Labute approximate surface area is 351 Å². The third kappa shape index (κ3) is 11.8. The number of carbonyl (C=O) groups excluding carboxylic acids is 3. The smallest absolute Gasteiger partial charge is 0.338 e. The van der Waals surface area contributed by atoms with Gasteiger partial charge in [0, 0.05) is 32.4 Å². The SMILES string of the molecule is CC(=O)N[C@H]1[C@H]([C@H](O)[C@H](O)CO)OC(O[C@H]2[C@@H](O)[C@@H](CO)O[C@@H](O[C@@H]3CC(C(=O)NCCN)C[C@H](C)[C@H]3OC3O[C@@H](C)[C@@H](O)[C@@H](O)[C@@H]3O)[C@@H]2OC(=O)c2ccccc2)C[C@@H]1O. The van der Waals surface area contributed by atoms with Crippen molar-refractivity contribution in [3.8, 4) is 0 Å². The normalized spacial score (nSPS) is 40.3. The molecule has 3 aliphatic heterocycles. The lowest BCUT2D eigenvalue weighted by Crippen LogP contribution is -2.66. The van der Waals surface area contributed by atoms with Crippen molar-refractivity contribution in [1.82, 2.24) is 10.6 Å². The summed E-state index contributed by atoms with van der Waals surface area (Å²) in [7, 11) is 0. The van der Waals surface area contributed by atoms with Gasteiger partial charge in [-0.05, 0) is 37.8 Å². The molecule has 1 aromatic carbocycles. The number of ether oxygens (including phenoxy) is 7. The second kappa shape index (κ2) is 22.1. The molecule has 4 fully saturated rings. The highest BCUT2D eigenvalue weighted by Gasteiger charge is 2.55. The Morgan fingerprint density at radius 3 is 2.18 bits per heavy atom. The number of amides is 2. The third-order valence-corrected chi connectivity index (χ3v) is 11.5. The standard InChI is InChI=1S/C39H61N3O19/c1-16-11-20(36(53)41-10-9-40)12-23(32(16)61-38-31(52)30(51)27(48)17(2)55-38)56-39-35(60-37(54)19-7-5-4-6-8-19)34(29(50)24(15-44)57-39)59-25-13-21(46)26(42-18(3)45)33(58-25)28(49)22(47)14-43/h4-8,16-17,20-35,38-39,43-44,46-52H,9-15,40H2,1-3H3,(H,41,53)(H,42,45)/t16-,17-,20?,21-,22+,23+,24+,25?,26+,27+,28+,29-,30+,31-,32+,33+,34-,35+,38?,39+/m0/s1. The minimum atomic E-state index is -1.88. The molecule has 0 radical (unpaired) electrons. The van der Waals surface area contributed by atoms with Gasteiger partial charge in [-0.25, -0.2) is 4.79 Å². The van der Waals surface area contributed by atoms with E-state index >= 15 is 0 Å². The number of carbonyl (C=O) groups is 3. The van der Waals surface area contributed by atoms with Crippen LogP contribution >= 0.6 is 0 Å². The lowest BCUT2D eigenvalue weighted by molar-refractivity contribution is -0.361. The van der Waals surface area contributed by atoms with E-state index in [1.807, 2.05) is 0 Å². The number of esters is 1. The Kier molecular flexibility index (Phi) is 17.7. The van der Waals surface area contributed by atoms with Crippen LogP contribution in [-0.2, 0) is 42.7 Å². The first kappa shape index (κ1) is 49.0. The molecule has 5 rings (SSSR count). The molecule has 3 heterocycles. The predicted molar refractivity (Wildman–Crippen MR) is 204 cm³/mol. The summed E-state index contributed by atoms with van der Waals surface area (Å²) in [5.41, 5.74) is 5.69. The number of benzene rings is 1. The van der Waals surface area contributed by atoms with E-state index in [9.17, 15) is 60.3 Å². The molecular formula is C39H61N3O19. The Hall–Kier alpha value is -3.01. The quantitative estimate of drug-likeness (QED) is 0.0693. The fourth-order valence-electron chi connectivity index (χ4n) is 8.19. The zero-order valence-corrected chi connectivity index (χ0v) is 34.1. The Morgan fingerprint density at radius 2 is 1.54 bits per heavy atom. The molecule has 0 spiro atoms. The van der Waals surface area contributed by atoms with E-state index in [2.05, 4.69) is 10.6 Å². The second-order valence-corrected chi connectivity index (χ2v) is 16.0. The highest BCUT2D eigenvalue weighted by molar-refractivity contribution is 5.89. The zero-order valence-electron chi connectivity index (χ0n) is 34.1. The van der Waals surface area contributed by atoms with Gasteiger partial charge in [-0.15, -0.1) is 0 Å². The van der Waals surface area contributed by atoms with Crippen LogP contribution in [0.2, 0.25) is 0 Å². The molecule has 2 amide bonds. The van der Waals surface area contributed by atoms with Gasteiger partial charge in [0.25, 0.3) is 0 Å². The van der Waals surface area contributed by atoms with Crippen LogP contribution in [0.5, 0.6) is 0 Å². The van der Waals surface area contributed by atoms with Crippen molar-refractivity contribution in [3.05, 3.63) is 35.9 Å². The first-order chi connectivity index (χ1) is 29.0. The maximum atomic E-state index is 13.7. The third-order valence-electron chi connectivity index (χ3n) is 11.5. The summed E-state index contributed by atoms with van der Waals surface area (Å²) in [6.45, 7) is 2.94. The lowest BCUT2D eigenvalue weighted by atomic mass is 9.77. The van der Waals surface area contributed by atoms with Crippen molar-refractivity contribution in [1.29, 1.82) is 0 Å². The molecule has 346 valence electrons. The van der Waals surface area contributed by atoms with E-state index in [1.54, 1.807) is 25.1 Å². The fraction of sp³-hybridized carbons (Fsp3) is 0.769. The van der Waals surface area contributed by atoms with Crippen molar-refractivity contribution in [2.24, 2.45) is 17.6 Å². The van der Waals surface area contributed by atoms with Crippen LogP contribution in [0.3, 0.4) is 0 Å². The number of nitrogens with two attached hydrogens (primary N) is 1. The molecule has 4 aliphatic rings. The van der Waals surface area contributed by atoms with Crippen LogP contribution in [0.1, 0.15) is 50.4 Å². The molecule has 0 aromatic heterocycles. The first-order valence-corrected chi connectivity index (χ1v) is 20.4. The summed E-state index contributed by atoms with van der Waals surface area (Å²) in [5.74, 6) is -3.16. The van der Waals surface area contributed by atoms with Crippen molar-refractivity contribution in [2.45, 2.75) is 150 Å². The molecule has 1 saturated carbocycles. The molecule has 3 unspecified atom stereocenters. The molecular weight excluding hydrogens is 814 g/mol. The number of hydrogen-bond acceptors (Lipinski definition) is 20. The van der Waals surface area contributed by atoms with Crippen LogP contribution in [-0.4, -0.2) is 200 Å². The largest absolute Gasteiger partial charge is 0.450 e. The van der Waals surface area contributed by atoms with Gasteiger partial charge >= 0.3 is 5.97 Å². The average molecular weight is 876 g/mol. The number of aliphatic hydroxyl groups is 9. The highest BCUT2D eigenvalue weighted by Crippen LogP contribution is 2.39. The molecule has 22 heteroatoms. The van der Waals surface area contributed by atoms with Crippen molar-refractivity contribution >= 4 is 17.8 Å². The topological polar surface area (TPSA) is 348 Å². The summed E-state index contributed by atoms with van der Waals surface area (Å²) < 4.78 is 42.8. The van der Waals surface area contributed by atoms with Crippen molar-refractivity contribution < 1.29 is 93.5 Å². The number of hydrogen-bond donors (Lipinski definition) is 12. The molecule has 20 atom stereocenters. The monoisotopic (exact) mass is 875 g/mol. The van der Waals surface area contributed by atoms with Crippen molar-refractivity contribution in [3.63, 3.8) is 0 Å². The molecule has 22 nitrogen and oxygen atoms in total. The van der Waals surface area contributed by atoms with Gasteiger partial charge in [0.05, 0.1) is 49.2 Å². The minimum absolute atomic E-state index is 0.0601. The molecule has 3 saturated heterocycles. The lowest BCUT2D eigenvalue weighted by Gasteiger charge is -2.49. The molecule has 1 aliphatic carbocycles. The summed E-state index contributed by atoms with van der Waals surface area (Å²) in [4.78, 5) is 39.1. The van der Waals surface area contributed by atoms with Crippen LogP contribution < -0.4 is 16.4 Å². The maximum Gasteiger partial charge on any atom is 0.338 e. The maximum absolute atomic E-state index is 13.7. The fourth-order valence-corrected chi connectivity index (χ4v) is 8.19. The van der Waals surface area contributed by atoms with Gasteiger partial charge < -0.3 is 95.5 Å². The van der Waals surface area contributed by atoms with E-state index in [0.717, 1.165) is 6.92 Å². The van der Waals surface area contributed by atoms with E-state index in [1.165, 1.54) is 19.1 Å². The molecule has 0 bridgehead atoms. The van der Waals surface area contributed by atoms with E-state index in [0.29, 0.717) is 0 Å². The summed E-state index contributed by atoms with van der Waals surface area (Å²) in [6.07, 6.45) is -26.5. The van der Waals surface area contributed by atoms with Crippen molar-refractivity contribution in [2.75, 3.05) is 26.3 Å². The van der Waals surface area contributed by atoms with Crippen LogP contribution in [0.25, 0.3) is 0 Å². The van der Waals surface area contributed by atoms with E-state index < -0.39 is 154 Å². The molecule has 61 heavy (non-hydrogen) atoms. The van der Waals surface area contributed by atoms with Crippen LogP contribution in [0, 0.1) is 11.8 Å². The molecule has 13 N–H and O–H groups in total. The van der Waals surface area contributed by atoms with E-state index in [4.69, 9.17) is 38.9 Å². The average Bonchev–Trinajstić information content (AvgIpc) is 3.24. The minimum Gasteiger partial charge on any atom is -0.450 e. The summed E-state index contributed by atoms with van der Waals surface area (Å²) in [6, 6.07) is 6.39. The van der Waals surface area contributed by atoms with Gasteiger partial charge in [0.2, 0.25) is 11.8 Å². The summed E-state index contributed by atoms with van der Waals surface area (Å²) >= 11 is 0. The highest BCUT2D eigenvalue weighted by atomic mass is 16.8. The second-order valence-electron chi connectivity index (χ2n) is 16.0. The van der Waals surface area contributed by atoms with Gasteiger partial charge in [-0.3, -0.25) is 9.59 Å². The Morgan fingerprint density at radius 1 is 0.836 bits per heavy atom. The summed E-state index contributed by atoms with van der Waals surface area (Å²) in [5, 5.41) is 101. The predicted octanol–water partition coefficient (Wildman–Crippen LogP) is -4.91. The van der Waals surface area contributed by atoms with Gasteiger partial charge in [-0.2, -0.15) is 0 Å². The van der Waals surface area contributed by atoms with Crippen LogP contribution in [0.15, 0.2) is 30.3 Å². The molecule has 1 aromatic rings. The number of rotatable bonds is 16. The number of aliphatic hydroxyl groups excluding tert-OH is 9. The van der Waals surface area contributed by atoms with Gasteiger partial charge in [0.1, 0.15) is 54.9 Å². The van der Waals surface area contributed by atoms with E-state index in [-0.39, 0.29) is 37.4 Å². The Bertz CT molecular complexity index is 1570. The van der Waals surface area contributed by atoms with Gasteiger partial charge in [-0.1, -0.05) is 25.1 Å². The first-order valence-electron chi connectivity index (χ1n) is 20.4. The zero-order chi connectivity index (χ0) is 44.7. The Balaban J connectivity index is 1.51. The number of nitrogens with one attached hydrogen (secondary N) is 2.